The van der Waals surface area contributed by atoms with Crippen molar-refractivity contribution >= 4 is 28.3 Å². The number of aromatic nitrogens is 5. The molecule has 0 aliphatic heterocycles. The number of benzene rings is 1. The molecule has 30 heavy (non-hydrogen) atoms. The molecular weight excluding hydrogens is 404 g/mol. The summed E-state index contributed by atoms with van der Waals surface area (Å²) >= 11 is 1.42. The smallest absolute Gasteiger partial charge is 0.338 e. The molecule has 3 aromatic rings. The van der Waals surface area contributed by atoms with Gasteiger partial charge in [0.05, 0.1) is 11.3 Å². The van der Waals surface area contributed by atoms with E-state index in [9.17, 15) is 9.59 Å². The van der Waals surface area contributed by atoms with Gasteiger partial charge in [0, 0.05) is 17.6 Å². The van der Waals surface area contributed by atoms with Crippen molar-refractivity contribution < 1.29 is 14.3 Å². The Morgan fingerprint density at radius 3 is 2.80 bits per heavy atom. The number of anilines is 1. The topological polar surface area (TPSA) is 103 Å². The van der Waals surface area contributed by atoms with Gasteiger partial charge in [-0.1, -0.05) is 25.3 Å². The maximum absolute atomic E-state index is 13.2. The van der Waals surface area contributed by atoms with Gasteiger partial charge in [0.25, 0.3) is 5.91 Å². The number of carbonyl (C=O) groups excluding carboxylic acids is 2. The van der Waals surface area contributed by atoms with Gasteiger partial charge in [-0.15, -0.1) is 16.4 Å². The lowest BCUT2D eigenvalue weighted by atomic mass is 9.94. The molecule has 1 fully saturated rings. The second-order valence-corrected chi connectivity index (χ2v) is 8.04. The Bertz CT molecular complexity index is 986. The Balaban J connectivity index is 1.49. The molecule has 1 amide bonds. The number of esters is 1. The Hall–Kier alpha value is -3.14. The molecule has 1 aromatic carbocycles. The zero-order valence-corrected chi connectivity index (χ0v) is 17.4. The molecule has 2 heterocycles. The average Bonchev–Trinajstić information content (AvgIpc) is 3.49. The fourth-order valence-electron chi connectivity index (χ4n) is 3.63. The summed E-state index contributed by atoms with van der Waals surface area (Å²) in [6.07, 6.45) is 7.39. The summed E-state index contributed by atoms with van der Waals surface area (Å²) in [4.78, 5) is 32.0. The van der Waals surface area contributed by atoms with Gasteiger partial charge >= 0.3 is 5.97 Å². The quantitative estimate of drug-likeness (QED) is 0.558. The highest BCUT2D eigenvalue weighted by atomic mass is 32.1. The van der Waals surface area contributed by atoms with Crippen molar-refractivity contribution in [3.8, 4) is 5.69 Å². The first-order valence-corrected chi connectivity index (χ1v) is 10.8. The summed E-state index contributed by atoms with van der Waals surface area (Å²) in [7, 11) is 0. The Labute approximate surface area is 177 Å². The monoisotopic (exact) mass is 426 g/mol. The van der Waals surface area contributed by atoms with Gasteiger partial charge in [0.15, 0.2) is 11.2 Å². The molecule has 156 valence electrons. The molecule has 1 aliphatic rings. The number of hydrogen-bond donors (Lipinski definition) is 0. The highest BCUT2D eigenvalue weighted by molar-refractivity contribution is 7.13. The largest absolute Gasteiger partial charge is 0.449 e. The predicted octanol–water partition coefficient (Wildman–Crippen LogP) is 3.03. The van der Waals surface area contributed by atoms with Crippen LogP contribution in [0.1, 0.15) is 49.4 Å². The van der Waals surface area contributed by atoms with E-state index in [0.29, 0.717) is 16.4 Å². The number of tetrazole rings is 1. The standard InChI is InChI=1S/C20H22N6O3S/c1-14(18(27)26(20-21-10-11-30-20)16-7-3-2-4-8-16)29-19(28)15-6-5-9-17(12-15)25-13-22-23-24-25/h5-6,9-14,16H,2-4,7-8H2,1H3. The van der Waals surface area contributed by atoms with Crippen molar-refractivity contribution in [2.24, 2.45) is 0 Å². The molecule has 10 heteroatoms. The third-order valence-corrected chi connectivity index (χ3v) is 5.90. The molecule has 0 N–H and O–H groups in total. The summed E-state index contributed by atoms with van der Waals surface area (Å²) in [5.74, 6) is -0.824. The zero-order valence-electron chi connectivity index (χ0n) is 16.5. The fourth-order valence-corrected chi connectivity index (χ4v) is 4.35. The van der Waals surface area contributed by atoms with Crippen LogP contribution in [0.25, 0.3) is 5.69 Å². The van der Waals surface area contributed by atoms with Gasteiger partial charge in [-0.3, -0.25) is 9.69 Å². The molecule has 1 aliphatic carbocycles. The SMILES string of the molecule is CC(OC(=O)c1cccc(-n2cnnn2)c1)C(=O)N(c1nccs1)C1CCCCC1. The van der Waals surface area contributed by atoms with Crippen LogP contribution in [0, 0.1) is 0 Å². The molecule has 1 atom stereocenters. The Morgan fingerprint density at radius 1 is 1.27 bits per heavy atom. The first kappa shape index (κ1) is 20.1. The molecule has 4 rings (SSSR count). The van der Waals surface area contributed by atoms with E-state index in [1.165, 1.54) is 28.8 Å². The van der Waals surface area contributed by atoms with Crippen LogP contribution in [0.3, 0.4) is 0 Å². The maximum atomic E-state index is 13.2. The fraction of sp³-hybridized carbons (Fsp3) is 0.400. The van der Waals surface area contributed by atoms with Gasteiger partial charge in [0.2, 0.25) is 0 Å². The van der Waals surface area contributed by atoms with Gasteiger partial charge in [-0.2, -0.15) is 0 Å². The minimum Gasteiger partial charge on any atom is -0.449 e. The Morgan fingerprint density at radius 2 is 2.10 bits per heavy atom. The van der Waals surface area contributed by atoms with E-state index >= 15 is 0 Å². The minimum absolute atomic E-state index is 0.0849. The van der Waals surface area contributed by atoms with E-state index in [2.05, 4.69) is 20.5 Å². The third kappa shape index (κ3) is 4.38. The van der Waals surface area contributed by atoms with Gasteiger partial charge in [-0.25, -0.2) is 14.5 Å². The van der Waals surface area contributed by atoms with E-state index in [0.717, 1.165) is 25.7 Å². The molecule has 9 nitrogen and oxygen atoms in total. The normalized spacial score (nSPS) is 15.5. The summed E-state index contributed by atoms with van der Waals surface area (Å²) in [5.41, 5.74) is 0.946. The van der Waals surface area contributed by atoms with Crippen molar-refractivity contribution in [1.29, 1.82) is 0 Å². The summed E-state index contributed by atoms with van der Waals surface area (Å²) in [6, 6.07) is 6.82. The van der Waals surface area contributed by atoms with Crippen LogP contribution in [0.15, 0.2) is 42.2 Å². The van der Waals surface area contributed by atoms with E-state index in [1.54, 1.807) is 42.3 Å². The number of carbonyl (C=O) groups is 2. The lowest BCUT2D eigenvalue weighted by Gasteiger charge is -2.33. The maximum Gasteiger partial charge on any atom is 0.338 e. The van der Waals surface area contributed by atoms with Crippen LogP contribution in [0.2, 0.25) is 0 Å². The number of ether oxygens (including phenoxy) is 1. The number of rotatable bonds is 6. The average molecular weight is 427 g/mol. The number of nitrogens with zero attached hydrogens (tertiary/aromatic N) is 6. The predicted molar refractivity (Wildman–Crippen MR) is 111 cm³/mol. The minimum atomic E-state index is -0.931. The van der Waals surface area contributed by atoms with Crippen molar-refractivity contribution in [2.75, 3.05) is 4.90 Å². The van der Waals surface area contributed by atoms with Crippen LogP contribution in [-0.2, 0) is 9.53 Å². The Kier molecular flexibility index (Phi) is 6.12. The third-order valence-electron chi connectivity index (χ3n) is 5.13. The number of amides is 1. The molecule has 0 radical (unpaired) electrons. The summed E-state index contributed by atoms with van der Waals surface area (Å²) in [5, 5.41) is 13.5. The number of thiazole rings is 1. The molecule has 0 bridgehead atoms. The van der Waals surface area contributed by atoms with Crippen molar-refractivity contribution in [3.63, 3.8) is 0 Å². The molecule has 1 saturated carbocycles. The van der Waals surface area contributed by atoms with Gasteiger partial charge < -0.3 is 4.74 Å². The lowest BCUT2D eigenvalue weighted by Crippen LogP contribution is -2.47. The molecule has 1 unspecified atom stereocenters. The summed E-state index contributed by atoms with van der Waals surface area (Å²) < 4.78 is 6.97. The zero-order chi connectivity index (χ0) is 20.9. The first-order valence-electron chi connectivity index (χ1n) is 9.90. The molecule has 2 aromatic heterocycles. The first-order chi connectivity index (χ1) is 14.6. The second-order valence-electron chi connectivity index (χ2n) is 7.17. The lowest BCUT2D eigenvalue weighted by molar-refractivity contribution is -0.127. The highest BCUT2D eigenvalue weighted by Crippen LogP contribution is 2.29. The van der Waals surface area contributed by atoms with Crippen molar-refractivity contribution in [1.82, 2.24) is 25.2 Å². The second kappa shape index (κ2) is 9.12. The van der Waals surface area contributed by atoms with Gasteiger partial charge in [-0.05, 0) is 48.4 Å². The van der Waals surface area contributed by atoms with Crippen LogP contribution in [-0.4, -0.2) is 49.2 Å². The van der Waals surface area contributed by atoms with Crippen molar-refractivity contribution in [2.45, 2.75) is 51.2 Å². The number of hydrogen-bond acceptors (Lipinski definition) is 8. The molecular formula is C20H22N6O3S. The van der Waals surface area contributed by atoms with Crippen LogP contribution in [0.5, 0.6) is 0 Å². The summed E-state index contributed by atoms with van der Waals surface area (Å²) in [6.45, 7) is 1.61. The van der Waals surface area contributed by atoms with E-state index in [-0.39, 0.29) is 11.9 Å². The van der Waals surface area contributed by atoms with Gasteiger partial charge in [0.1, 0.15) is 6.33 Å². The highest BCUT2D eigenvalue weighted by Gasteiger charge is 2.33. The van der Waals surface area contributed by atoms with E-state index in [1.807, 2.05) is 5.38 Å². The molecule has 0 spiro atoms. The van der Waals surface area contributed by atoms with Crippen LogP contribution >= 0.6 is 11.3 Å². The van der Waals surface area contributed by atoms with Crippen LogP contribution in [0.4, 0.5) is 5.13 Å². The van der Waals surface area contributed by atoms with E-state index < -0.39 is 12.1 Å². The van der Waals surface area contributed by atoms with Crippen molar-refractivity contribution in [3.05, 3.63) is 47.7 Å². The molecule has 0 saturated heterocycles. The van der Waals surface area contributed by atoms with E-state index in [4.69, 9.17) is 4.74 Å². The van der Waals surface area contributed by atoms with Crippen LogP contribution < -0.4 is 4.90 Å².